The summed E-state index contributed by atoms with van der Waals surface area (Å²) in [5, 5.41) is 13.5. The highest BCUT2D eigenvalue weighted by Gasteiger charge is 2.51. The molecule has 1 aliphatic heterocycles. The molecule has 4 atom stereocenters. The molecule has 0 radical (unpaired) electrons. The van der Waals surface area contributed by atoms with Gasteiger partial charge in [-0.25, -0.2) is 0 Å². The highest BCUT2D eigenvalue weighted by Crippen LogP contribution is 2.37. The summed E-state index contributed by atoms with van der Waals surface area (Å²) in [5.41, 5.74) is 1.97. The van der Waals surface area contributed by atoms with Crippen molar-refractivity contribution in [3.8, 4) is 0 Å². The van der Waals surface area contributed by atoms with Gasteiger partial charge in [0.15, 0.2) is 0 Å². The van der Waals surface area contributed by atoms with Crippen LogP contribution in [-0.4, -0.2) is 44.9 Å². The molecule has 4 rings (SSSR count). The van der Waals surface area contributed by atoms with Crippen LogP contribution in [0.3, 0.4) is 0 Å². The van der Waals surface area contributed by atoms with E-state index in [1.807, 2.05) is 31.2 Å². The van der Waals surface area contributed by atoms with Crippen molar-refractivity contribution in [2.24, 2.45) is 0 Å². The maximum atomic E-state index is 11.1. The van der Waals surface area contributed by atoms with Crippen LogP contribution in [0.2, 0.25) is 5.04 Å². The van der Waals surface area contributed by atoms with E-state index in [0.29, 0.717) is 13.2 Å². The van der Waals surface area contributed by atoms with E-state index in [0.717, 1.165) is 24.0 Å². The molecule has 0 amide bonds. The lowest BCUT2D eigenvalue weighted by atomic mass is 10.0. The number of benzene rings is 3. The van der Waals surface area contributed by atoms with Gasteiger partial charge in [-0.3, -0.25) is 0 Å². The first-order chi connectivity index (χ1) is 18.3. The third-order valence-electron chi connectivity index (χ3n) is 7.55. The number of aryl methyl sites for hydroxylation is 1. The van der Waals surface area contributed by atoms with E-state index in [1.54, 1.807) is 6.08 Å². The van der Waals surface area contributed by atoms with E-state index in [2.05, 4.69) is 88.0 Å². The summed E-state index contributed by atoms with van der Waals surface area (Å²) in [4.78, 5) is 0. The minimum Gasteiger partial charge on any atom is -0.405 e. The molecule has 38 heavy (non-hydrogen) atoms. The van der Waals surface area contributed by atoms with E-state index in [4.69, 9.17) is 13.9 Å². The molecule has 1 aliphatic rings. The Balaban J connectivity index is 1.59. The number of aliphatic hydroxyl groups is 1. The molecule has 0 saturated carbocycles. The van der Waals surface area contributed by atoms with Crippen LogP contribution in [0.1, 0.15) is 50.8 Å². The molecule has 3 aromatic carbocycles. The molecule has 3 aromatic rings. The van der Waals surface area contributed by atoms with E-state index in [1.165, 1.54) is 10.4 Å². The summed E-state index contributed by atoms with van der Waals surface area (Å²) in [6, 6.07) is 29.2. The van der Waals surface area contributed by atoms with Gasteiger partial charge in [0, 0.05) is 6.61 Å². The fourth-order valence-corrected chi connectivity index (χ4v) is 10.1. The molecule has 1 fully saturated rings. The molecule has 0 spiro atoms. The molecule has 4 nitrogen and oxygen atoms in total. The number of hydrogen-bond donors (Lipinski definition) is 1. The summed E-state index contributed by atoms with van der Waals surface area (Å²) in [6.45, 7) is 13.9. The van der Waals surface area contributed by atoms with Crippen molar-refractivity contribution in [1.29, 1.82) is 0 Å². The topological polar surface area (TPSA) is 47.9 Å². The van der Waals surface area contributed by atoms with Gasteiger partial charge in [0.2, 0.25) is 0 Å². The zero-order chi connectivity index (χ0) is 27.2. The number of rotatable bonds is 10. The van der Waals surface area contributed by atoms with Crippen LogP contribution in [0.4, 0.5) is 0 Å². The molecular formula is C33H42O4Si. The van der Waals surface area contributed by atoms with Gasteiger partial charge < -0.3 is 19.0 Å². The standard InChI is InChI=1S/C33H42O4Si/c1-6-29(32(34)26-21-19-25(2)20-22-26)37-30-18-13-23-35-31(30)24-36-38(33(3,4)5,27-14-9-7-10-15-27)28-16-11-8-12-17-28/h6-12,14-17,19-22,29-32,34H,1,13,18,23-24H2,2-5H3/t29-,30+,31-,32-/m1/s1. The molecule has 0 bridgehead atoms. The van der Waals surface area contributed by atoms with Crippen molar-refractivity contribution in [2.75, 3.05) is 13.2 Å². The molecule has 1 heterocycles. The molecule has 1 saturated heterocycles. The summed E-state index contributed by atoms with van der Waals surface area (Å²) in [6.07, 6.45) is 1.67. The molecule has 0 aromatic heterocycles. The third-order valence-corrected chi connectivity index (χ3v) is 12.6. The molecule has 202 valence electrons. The Hall–Kier alpha value is -2.54. The second kappa shape index (κ2) is 12.5. The predicted molar refractivity (Wildman–Crippen MR) is 158 cm³/mol. The predicted octanol–water partition coefficient (Wildman–Crippen LogP) is 5.72. The summed E-state index contributed by atoms with van der Waals surface area (Å²) in [5.74, 6) is 0. The molecular weight excluding hydrogens is 488 g/mol. The zero-order valence-electron chi connectivity index (χ0n) is 23.2. The van der Waals surface area contributed by atoms with Gasteiger partial charge in [-0.1, -0.05) is 117 Å². The lowest BCUT2D eigenvalue weighted by molar-refractivity contribution is -0.150. The Kier molecular flexibility index (Phi) is 9.39. The lowest BCUT2D eigenvalue weighted by Gasteiger charge is -2.44. The van der Waals surface area contributed by atoms with Crippen molar-refractivity contribution in [3.05, 3.63) is 109 Å². The third kappa shape index (κ3) is 6.19. The van der Waals surface area contributed by atoms with Crippen molar-refractivity contribution in [1.82, 2.24) is 0 Å². The second-order valence-corrected chi connectivity index (χ2v) is 15.6. The lowest BCUT2D eigenvalue weighted by Crippen LogP contribution is -2.67. The van der Waals surface area contributed by atoms with Gasteiger partial charge in [-0.15, -0.1) is 6.58 Å². The molecule has 0 unspecified atom stereocenters. The van der Waals surface area contributed by atoms with Crippen molar-refractivity contribution >= 4 is 18.7 Å². The highest BCUT2D eigenvalue weighted by molar-refractivity contribution is 6.99. The molecule has 5 heteroatoms. The van der Waals surface area contributed by atoms with Crippen LogP contribution < -0.4 is 10.4 Å². The Morgan fingerprint density at radius 1 is 0.974 bits per heavy atom. The second-order valence-electron chi connectivity index (χ2n) is 11.3. The van der Waals surface area contributed by atoms with Crippen LogP contribution in [0.25, 0.3) is 0 Å². The van der Waals surface area contributed by atoms with Gasteiger partial charge in [-0.05, 0) is 40.7 Å². The van der Waals surface area contributed by atoms with Gasteiger partial charge in [0.05, 0.1) is 12.7 Å². The average molecular weight is 531 g/mol. The van der Waals surface area contributed by atoms with Crippen molar-refractivity contribution in [3.63, 3.8) is 0 Å². The maximum Gasteiger partial charge on any atom is 0.261 e. The quantitative estimate of drug-likeness (QED) is 0.269. The Bertz CT molecular complexity index is 1100. The van der Waals surface area contributed by atoms with E-state index < -0.39 is 20.5 Å². The minimum absolute atomic E-state index is 0.119. The summed E-state index contributed by atoms with van der Waals surface area (Å²) >= 11 is 0. The number of ether oxygens (including phenoxy) is 2. The van der Waals surface area contributed by atoms with Crippen LogP contribution in [0.5, 0.6) is 0 Å². The fourth-order valence-electron chi connectivity index (χ4n) is 5.51. The van der Waals surface area contributed by atoms with E-state index in [9.17, 15) is 5.11 Å². The SMILES string of the molecule is C=C[C@@H](O[C@H]1CCCO[C@@H]1CO[Si](c1ccccc1)(c1ccccc1)C(C)(C)C)[C@H](O)c1ccc(C)cc1. The summed E-state index contributed by atoms with van der Waals surface area (Å²) < 4.78 is 19.9. The van der Waals surface area contributed by atoms with Crippen LogP contribution in [0.15, 0.2) is 97.6 Å². The monoisotopic (exact) mass is 530 g/mol. The minimum atomic E-state index is -2.70. The van der Waals surface area contributed by atoms with Crippen molar-refractivity contribution in [2.45, 2.75) is 70.0 Å². The van der Waals surface area contributed by atoms with Gasteiger partial charge in [0.25, 0.3) is 8.32 Å². The molecule has 1 N–H and O–H groups in total. The van der Waals surface area contributed by atoms with E-state index >= 15 is 0 Å². The first kappa shape index (κ1) is 28.5. The maximum absolute atomic E-state index is 11.1. The van der Waals surface area contributed by atoms with Crippen molar-refractivity contribution < 1.29 is 19.0 Å². The normalized spacial score (nSPS) is 20.0. The van der Waals surface area contributed by atoms with Gasteiger partial charge >= 0.3 is 0 Å². The van der Waals surface area contributed by atoms with Crippen LogP contribution >= 0.6 is 0 Å². The summed E-state index contributed by atoms with van der Waals surface area (Å²) in [7, 11) is -2.70. The molecule has 0 aliphatic carbocycles. The smallest absolute Gasteiger partial charge is 0.261 e. The van der Waals surface area contributed by atoms with Crippen LogP contribution in [-0.2, 0) is 13.9 Å². The van der Waals surface area contributed by atoms with Gasteiger partial charge in [-0.2, -0.15) is 0 Å². The Labute approximate surface area is 229 Å². The average Bonchev–Trinajstić information content (AvgIpc) is 2.93. The Morgan fingerprint density at radius 2 is 1.55 bits per heavy atom. The largest absolute Gasteiger partial charge is 0.405 e. The fraction of sp³-hybridized carbons (Fsp3) is 0.394. The van der Waals surface area contributed by atoms with E-state index in [-0.39, 0.29) is 17.2 Å². The zero-order valence-corrected chi connectivity index (χ0v) is 24.2. The van der Waals surface area contributed by atoms with Crippen LogP contribution in [0, 0.1) is 6.92 Å². The first-order valence-corrected chi connectivity index (χ1v) is 15.6. The Morgan fingerprint density at radius 3 is 2.08 bits per heavy atom. The number of hydrogen-bond acceptors (Lipinski definition) is 4. The number of aliphatic hydroxyl groups excluding tert-OH is 1. The first-order valence-electron chi connectivity index (χ1n) is 13.7. The highest BCUT2D eigenvalue weighted by atomic mass is 28.4. The van der Waals surface area contributed by atoms with Gasteiger partial charge in [0.1, 0.15) is 18.3 Å².